The summed E-state index contributed by atoms with van der Waals surface area (Å²) in [6, 6.07) is 7.27. The molecular formula is C90H102F12N34O7S2. The lowest BCUT2D eigenvalue weighted by molar-refractivity contribution is -0.150. The molecule has 20 rings (SSSR count). The Hall–Kier alpha value is -14.4. The van der Waals surface area contributed by atoms with Crippen LogP contribution in [-0.2, 0) is 60.3 Å². The summed E-state index contributed by atoms with van der Waals surface area (Å²) in [5.41, 5.74) is 12.3. The zero-order chi connectivity index (χ0) is 103. The van der Waals surface area contributed by atoms with E-state index in [4.69, 9.17) is 5.26 Å². The van der Waals surface area contributed by atoms with Gasteiger partial charge in [0.1, 0.15) is 13.1 Å². The Labute approximate surface area is 822 Å². The molecule has 0 aliphatic carbocycles. The highest BCUT2D eigenvalue weighted by Gasteiger charge is 2.49. The predicted molar refractivity (Wildman–Crippen MR) is 505 cm³/mol. The van der Waals surface area contributed by atoms with E-state index in [1.165, 1.54) is 18.4 Å². The summed E-state index contributed by atoms with van der Waals surface area (Å²) in [6.45, 7) is -2.88. The minimum Gasteiger partial charge on any atom is -0.333 e. The number of alkyl halides is 12. The number of aromatic nitrogens is 20. The highest BCUT2D eigenvalue weighted by atomic mass is 32.2. The van der Waals surface area contributed by atoms with Crippen molar-refractivity contribution in [1.29, 1.82) is 5.26 Å². The van der Waals surface area contributed by atoms with Crippen molar-refractivity contribution < 1.29 is 83.9 Å². The van der Waals surface area contributed by atoms with Gasteiger partial charge in [-0.2, -0.15) is 105 Å². The molecule has 41 nitrogen and oxygen atoms in total. The molecule has 10 atom stereocenters. The van der Waals surface area contributed by atoms with E-state index in [2.05, 4.69) is 107 Å². The highest BCUT2D eigenvalue weighted by Crippen LogP contribution is 2.46. The molecule has 0 saturated carbocycles. The molecule has 10 aromatic heterocycles. The van der Waals surface area contributed by atoms with E-state index in [1.807, 2.05) is 87.5 Å². The van der Waals surface area contributed by atoms with E-state index in [0.717, 1.165) is 130 Å². The van der Waals surface area contributed by atoms with E-state index in [9.17, 15) is 83.9 Å². The number of carbonyl (C=O) groups is 3. The Morgan fingerprint density at radius 3 is 0.917 bits per heavy atom. The SMILES string of the molecule is Cn1cc(Nc2nccc(C3=CC4CCC(C3)N4C(=O)CCC(F)(F)F)n2)cn1.Cn1cc(Nc2nccc(C3=CC4CCC(C3)N4S(=O)(=O)CCC(F)(F)F)n2)cn1.Cn1cc(Nc2nccc(C3=CC4CCC(C3)N4S(=O)(=O)NCC#N)n2)cn1.Cn1cc(Nc2nccc(C3=C[C@@H]4CC[C@H](C3)N4C(=O)NCC(F)(F)F)n2)cn1.Cn1cc(Nc2nccc(C3=C[C@H]4CC[C@@H](C3)N4C(=O)NCC(F)(F)F)n2)cn1. The lowest BCUT2D eigenvalue weighted by Gasteiger charge is -2.34. The van der Waals surface area contributed by atoms with Gasteiger partial charge in [-0.15, -0.1) is 0 Å². The first-order valence-electron chi connectivity index (χ1n) is 46.3. The molecule has 8 N–H and O–H groups in total. The van der Waals surface area contributed by atoms with Gasteiger partial charge in [0.2, 0.25) is 45.7 Å². The van der Waals surface area contributed by atoms with Crippen molar-refractivity contribution in [3.8, 4) is 6.07 Å². The fourth-order valence-electron chi connectivity index (χ4n) is 19.4. The van der Waals surface area contributed by atoms with E-state index in [-0.39, 0.29) is 60.9 Å². The number of rotatable bonds is 25. The number of carbonyl (C=O) groups excluding carboxylic acids is 3. The van der Waals surface area contributed by atoms with Gasteiger partial charge < -0.3 is 51.9 Å². The van der Waals surface area contributed by atoms with Gasteiger partial charge in [0.15, 0.2) is 0 Å². The van der Waals surface area contributed by atoms with Crippen LogP contribution in [0.1, 0.15) is 144 Å². The minimum atomic E-state index is -4.50. The standard InChI is InChI=1S/C19H21F3N6O.2C18H20F3N7O.C18H21F3N6O2S.C17H20N8O2S/c1-27-11-13(10-24-27)25-18-23-7-5-16(26-18)12-8-14-2-3-15(9-12)28(14)17(29)4-6-19(20,21)22;2*1-27-9-12(8-24-27)25-16-22-5-4-15(26-16)11-6-13-2-3-14(7-11)28(13)17(29)23-10-18(19,20)21;1-26-11-13(10-23-26)24-17-22-6-4-16(25-17)12-8-14-2-3-15(9-12)27(14)30(28,29)7-5-18(19,20)21;1-24-11-13(10-20-24)22-17-19-6-4-16(23-17)12-8-14-2-3-15(9-12)25(14)28(26,27)21-7-5-18/h5,7-8,10-11,14-15H,2-4,6,9H2,1H3,(H,23,25,26);2*4-6,8-9,13-14H,2-3,7,10H2,1H3,(H,23,29)(H,22,25,26);4,6,8,10-11,14-15H,2-3,5,7,9H2,1H3,(H,22,24,25);4,6,8,10-11,14-15,21H,2-3,7,9H2,1H3,(H,19,22,23)/t;2*13-,14+;;/m.10../s1. The summed E-state index contributed by atoms with van der Waals surface area (Å²) in [4.78, 5) is 85.4. The maximum atomic E-state index is 12.5. The van der Waals surface area contributed by atoms with Gasteiger partial charge in [-0.1, -0.05) is 30.4 Å². The number of nitrogens with zero attached hydrogens (tertiary/aromatic N) is 26. The zero-order valence-corrected chi connectivity index (χ0v) is 80.2. The average molecular weight is 2060 g/mol. The molecule has 10 aliphatic heterocycles. The van der Waals surface area contributed by atoms with E-state index >= 15 is 0 Å². The summed E-state index contributed by atoms with van der Waals surface area (Å²) >= 11 is 0. The summed E-state index contributed by atoms with van der Waals surface area (Å²) in [7, 11) is 1.39. The molecular weight excluding hydrogens is 1960 g/mol. The maximum Gasteiger partial charge on any atom is 0.405 e. The Morgan fingerprint density at radius 1 is 0.372 bits per heavy atom. The van der Waals surface area contributed by atoms with Crippen molar-refractivity contribution in [3.63, 3.8) is 0 Å². The number of nitriles is 1. The summed E-state index contributed by atoms with van der Waals surface area (Å²) in [5.74, 6) is 0.792. The van der Waals surface area contributed by atoms with Gasteiger partial charge in [0, 0.05) is 146 Å². The van der Waals surface area contributed by atoms with Crippen LogP contribution >= 0.6 is 0 Å². The number of hydrogen-bond acceptors (Lipinski definition) is 28. The van der Waals surface area contributed by atoms with Gasteiger partial charge in [0.25, 0.3) is 10.2 Å². The third-order valence-electron chi connectivity index (χ3n) is 25.4. The number of sulfonamides is 1. The quantitative estimate of drug-likeness (QED) is 0.0195. The average Bonchev–Trinajstić information content (AvgIpc) is 1.61. The number of aryl methyl sites for hydroxylation is 5. The number of nitrogens with one attached hydrogen (secondary N) is 8. The number of urea groups is 2. The number of amides is 5. The molecule has 145 heavy (non-hydrogen) atoms. The van der Waals surface area contributed by atoms with Crippen LogP contribution in [0.15, 0.2) is 154 Å². The van der Waals surface area contributed by atoms with Gasteiger partial charge in [-0.05, 0) is 155 Å². The van der Waals surface area contributed by atoms with Gasteiger partial charge >= 0.3 is 36.8 Å². The van der Waals surface area contributed by atoms with Crippen LogP contribution in [0.25, 0.3) is 27.9 Å². The Bertz CT molecular complexity index is 6430. The molecule has 10 aromatic rings. The summed E-state index contributed by atoms with van der Waals surface area (Å²) < 4.78 is 213. The second kappa shape index (κ2) is 43.6. The second-order valence-electron chi connectivity index (χ2n) is 36.0. The number of hydrogen-bond donors (Lipinski definition) is 8. The maximum absolute atomic E-state index is 12.5. The molecule has 0 aromatic carbocycles. The van der Waals surface area contributed by atoms with E-state index in [1.54, 1.807) is 146 Å². The Kier molecular flexibility index (Phi) is 31.1. The Balaban J connectivity index is 0.000000130. The first-order chi connectivity index (χ1) is 68.9. The first kappa shape index (κ1) is 103. The zero-order valence-electron chi connectivity index (χ0n) is 78.6. The molecule has 0 radical (unpaired) electrons. The van der Waals surface area contributed by atoms with Gasteiger partial charge in [0.05, 0.1) is 137 Å². The molecule has 770 valence electrons. The van der Waals surface area contributed by atoms with Crippen molar-refractivity contribution in [2.75, 3.05) is 52.0 Å². The molecule has 20 heterocycles. The molecule has 6 unspecified atom stereocenters. The smallest absolute Gasteiger partial charge is 0.333 e. The number of anilines is 10. The van der Waals surface area contributed by atoms with Gasteiger partial charge in [-0.3, -0.25) is 28.2 Å². The highest BCUT2D eigenvalue weighted by molar-refractivity contribution is 7.89. The first-order valence-corrected chi connectivity index (χ1v) is 49.3. The van der Waals surface area contributed by atoms with Crippen molar-refractivity contribution in [2.24, 2.45) is 35.2 Å². The van der Waals surface area contributed by atoms with Crippen molar-refractivity contribution >= 4 is 124 Å². The van der Waals surface area contributed by atoms with Gasteiger partial charge in [-0.25, -0.2) is 67.8 Å². The predicted octanol–water partition coefficient (Wildman–Crippen LogP) is 12.9. The largest absolute Gasteiger partial charge is 0.405 e. The van der Waals surface area contributed by atoms with Crippen LogP contribution in [-0.4, -0.2) is 267 Å². The molecule has 10 bridgehead atoms. The van der Waals surface area contributed by atoms with Crippen LogP contribution in [0.5, 0.6) is 0 Å². The topological polar surface area (TPSA) is 474 Å². The van der Waals surface area contributed by atoms with Crippen LogP contribution < -0.4 is 41.9 Å². The minimum absolute atomic E-state index is 0.0783. The molecule has 5 saturated heterocycles. The summed E-state index contributed by atoms with van der Waals surface area (Å²) in [6.07, 6.45) is 24.4. The Morgan fingerprint density at radius 2 is 0.648 bits per heavy atom. The van der Waals surface area contributed by atoms with Crippen LogP contribution in [0.3, 0.4) is 0 Å². The number of fused-ring (bicyclic) bond motifs is 10. The van der Waals surface area contributed by atoms with Crippen LogP contribution in [0.2, 0.25) is 0 Å². The normalized spacial score (nSPS) is 21.5. The molecule has 0 spiro atoms. The number of halogens is 12. The molecule has 5 amide bonds. The van der Waals surface area contributed by atoms with E-state index in [0.29, 0.717) is 80.4 Å². The second-order valence-corrected chi connectivity index (χ2v) is 39.7. The fourth-order valence-corrected chi connectivity index (χ4v) is 22.8. The van der Waals surface area contributed by atoms with E-state index < -0.39 is 107 Å². The van der Waals surface area contributed by atoms with Crippen LogP contribution in [0.4, 0.5) is 120 Å². The third kappa shape index (κ3) is 27.0. The third-order valence-corrected chi connectivity index (χ3v) is 29.0. The summed E-state index contributed by atoms with van der Waals surface area (Å²) in [5, 5.41) is 48.5. The van der Waals surface area contributed by atoms with Crippen molar-refractivity contribution in [3.05, 3.63) is 182 Å². The lowest BCUT2D eigenvalue weighted by atomic mass is 9.98. The molecule has 5 fully saturated rings. The van der Waals surface area contributed by atoms with Crippen molar-refractivity contribution in [2.45, 2.75) is 201 Å². The lowest BCUT2D eigenvalue weighted by Crippen LogP contribution is -2.50. The van der Waals surface area contributed by atoms with Crippen LogP contribution in [0, 0.1) is 11.3 Å². The molecule has 55 heteroatoms. The molecule has 10 aliphatic rings. The monoisotopic (exact) mass is 2060 g/mol. The van der Waals surface area contributed by atoms with Crippen molar-refractivity contribution in [1.82, 2.24) is 137 Å². The fraction of sp³-hybridized carbons (Fsp3) is 0.456.